The van der Waals surface area contributed by atoms with Crippen molar-refractivity contribution in [2.45, 2.75) is 23.4 Å². The molecule has 1 fully saturated rings. The highest BCUT2D eigenvalue weighted by atomic mass is 35.5. The summed E-state index contributed by atoms with van der Waals surface area (Å²) in [6.45, 7) is 1.70. The van der Waals surface area contributed by atoms with Gasteiger partial charge in [0.2, 0.25) is 5.91 Å². The summed E-state index contributed by atoms with van der Waals surface area (Å²) in [7, 11) is 0. The van der Waals surface area contributed by atoms with E-state index in [9.17, 15) is 9.59 Å². The smallest absolute Gasteiger partial charge is 0.272 e. The highest BCUT2D eigenvalue weighted by Gasteiger charge is 2.42. The number of amides is 2. The average Bonchev–Trinajstić information content (AvgIpc) is 3.06. The second kappa shape index (κ2) is 8.79. The number of benzene rings is 2. The van der Waals surface area contributed by atoms with Crippen LogP contribution < -0.4 is 10.6 Å². The predicted octanol–water partition coefficient (Wildman–Crippen LogP) is 3.41. The molecular weight excluding hydrogens is 420 g/mol. The van der Waals surface area contributed by atoms with Crippen molar-refractivity contribution in [3.63, 3.8) is 0 Å². The first-order valence-corrected chi connectivity index (χ1v) is 11.4. The van der Waals surface area contributed by atoms with Crippen LogP contribution in [0.5, 0.6) is 0 Å². The molecule has 0 atom stereocenters. The number of nitrogens with one attached hydrogen (secondary N) is 2. The number of halogens is 1. The minimum absolute atomic E-state index is 0.0370. The lowest BCUT2D eigenvalue weighted by Crippen LogP contribution is -2.52. The number of piperidine rings is 1. The lowest BCUT2D eigenvalue weighted by molar-refractivity contribution is -0.119. The van der Waals surface area contributed by atoms with Gasteiger partial charge in [-0.2, -0.15) is 0 Å². The number of rotatable bonds is 5. The molecule has 2 aliphatic heterocycles. The first-order valence-electron chi connectivity index (χ1n) is 9.81. The number of aliphatic imine (C=N–C) groups is 1. The van der Waals surface area contributed by atoms with Gasteiger partial charge in [-0.3, -0.25) is 19.5 Å². The van der Waals surface area contributed by atoms with Crippen LogP contribution in [0.25, 0.3) is 0 Å². The lowest BCUT2D eigenvalue weighted by Gasteiger charge is -2.36. The van der Waals surface area contributed by atoms with Crippen molar-refractivity contribution in [2.75, 3.05) is 31.2 Å². The SMILES string of the molecule is CSc1cccc(NC(=O)CN2CCC3(CC2)N=C(c2ccc(Cl)cc2)C(=O)N3)c1. The van der Waals surface area contributed by atoms with E-state index in [1.807, 2.05) is 42.7 Å². The van der Waals surface area contributed by atoms with E-state index < -0.39 is 5.66 Å². The minimum atomic E-state index is -0.578. The van der Waals surface area contributed by atoms with Crippen LogP contribution in [-0.4, -0.2) is 54.0 Å². The Morgan fingerprint density at radius 1 is 1.23 bits per heavy atom. The molecule has 6 nitrogen and oxygen atoms in total. The molecule has 0 saturated carbocycles. The molecule has 0 unspecified atom stereocenters. The Morgan fingerprint density at radius 2 is 1.97 bits per heavy atom. The van der Waals surface area contributed by atoms with Crippen molar-refractivity contribution in [3.05, 3.63) is 59.1 Å². The standard InChI is InChI=1S/C22H23ClN4O2S/c1-30-18-4-2-3-17(13-18)24-19(28)14-27-11-9-22(10-12-27)25-20(21(29)26-22)15-5-7-16(23)8-6-15/h2-8,13H,9-12,14H2,1H3,(H,24,28)(H,26,29). The highest BCUT2D eigenvalue weighted by Crippen LogP contribution is 2.29. The van der Waals surface area contributed by atoms with Gasteiger partial charge >= 0.3 is 0 Å². The monoisotopic (exact) mass is 442 g/mol. The van der Waals surface area contributed by atoms with Gasteiger partial charge in [0.25, 0.3) is 5.91 Å². The van der Waals surface area contributed by atoms with Gasteiger partial charge in [0, 0.05) is 47.1 Å². The van der Waals surface area contributed by atoms with Crippen LogP contribution in [0.15, 0.2) is 58.4 Å². The van der Waals surface area contributed by atoms with Crippen molar-refractivity contribution in [1.82, 2.24) is 10.2 Å². The maximum absolute atomic E-state index is 12.5. The molecule has 2 amide bonds. The van der Waals surface area contributed by atoms with Gasteiger partial charge in [-0.05, 0) is 36.6 Å². The van der Waals surface area contributed by atoms with Crippen LogP contribution in [0.2, 0.25) is 5.02 Å². The fourth-order valence-corrected chi connectivity index (χ4v) is 4.37. The molecule has 0 aliphatic carbocycles. The van der Waals surface area contributed by atoms with E-state index in [2.05, 4.69) is 15.5 Å². The zero-order chi connectivity index (χ0) is 21.1. The summed E-state index contributed by atoms with van der Waals surface area (Å²) in [4.78, 5) is 32.9. The molecule has 2 aromatic rings. The number of hydrogen-bond donors (Lipinski definition) is 2. The van der Waals surface area contributed by atoms with Crippen molar-refractivity contribution in [2.24, 2.45) is 4.99 Å². The van der Waals surface area contributed by atoms with Crippen LogP contribution >= 0.6 is 23.4 Å². The number of carbonyl (C=O) groups is 2. The molecule has 2 heterocycles. The molecule has 30 heavy (non-hydrogen) atoms. The number of nitrogens with zero attached hydrogens (tertiary/aromatic N) is 2. The van der Waals surface area contributed by atoms with Gasteiger partial charge in [-0.25, -0.2) is 0 Å². The van der Waals surface area contributed by atoms with Crippen molar-refractivity contribution in [3.8, 4) is 0 Å². The summed E-state index contributed by atoms with van der Waals surface area (Å²) in [6.07, 6.45) is 3.35. The third-order valence-electron chi connectivity index (χ3n) is 5.41. The molecule has 0 radical (unpaired) electrons. The van der Waals surface area contributed by atoms with Crippen molar-refractivity contribution in [1.29, 1.82) is 0 Å². The number of thioether (sulfide) groups is 1. The van der Waals surface area contributed by atoms with Crippen molar-refractivity contribution >= 4 is 46.6 Å². The maximum atomic E-state index is 12.5. The summed E-state index contributed by atoms with van der Waals surface area (Å²) in [5, 5.41) is 6.64. The lowest BCUT2D eigenvalue weighted by atomic mass is 9.98. The van der Waals surface area contributed by atoms with E-state index in [0.29, 0.717) is 43.2 Å². The van der Waals surface area contributed by atoms with Crippen LogP contribution in [0.1, 0.15) is 18.4 Å². The molecule has 0 aromatic heterocycles. The fourth-order valence-electron chi connectivity index (χ4n) is 3.79. The van der Waals surface area contributed by atoms with E-state index in [1.165, 1.54) is 0 Å². The van der Waals surface area contributed by atoms with Crippen LogP contribution in [0.3, 0.4) is 0 Å². The first-order chi connectivity index (χ1) is 14.5. The van der Waals surface area contributed by atoms with Crippen LogP contribution in [0.4, 0.5) is 5.69 Å². The Bertz CT molecular complexity index is 985. The molecule has 2 aromatic carbocycles. The Kier molecular flexibility index (Phi) is 6.13. The molecule has 1 spiro atoms. The molecule has 8 heteroatoms. The quantitative estimate of drug-likeness (QED) is 0.696. The van der Waals surface area contributed by atoms with Crippen molar-refractivity contribution < 1.29 is 9.59 Å². The summed E-state index contributed by atoms with van der Waals surface area (Å²) in [5.41, 5.74) is 1.45. The average molecular weight is 443 g/mol. The summed E-state index contributed by atoms with van der Waals surface area (Å²) in [6, 6.07) is 14.9. The largest absolute Gasteiger partial charge is 0.326 e. The Balaban J connectivity index is 1.35. The Morgan fingerprint density at radius 3 is 2.67 bits per heavy atom. The highest BCUT2D eigenvalue weighted by molar-refractivity contribution is 7.98. The topological polar surface area (TPSA) is 73.8 Å². The zero-order valence-corrected chi connectivity index (χ0v) is 18.2. The van der Waals surface area contributed by atoms with Gasteiger partial charge in [0.1, 0.15) is 11.4 Å². The van der Waals surface area contributed by atoms with Crippen LogP contribution in [0, 0.1) is 0 Å². The molecule has 0 bridgehead atoms. The molecule has 2 aliphatic rings. The molecule has 4 rings (SSSR count). The van der Waals surface area contributed by atoms with E-state index >= 15 is 0 Å². The number of carbonyl (C=O) groups excluding carboxylic acids is 2. The zero-order valence-electron chi connectivity index (χ0n) is 16.7. The summed E-state index contributed by atoms with van der Waals surface area (Å²) < 4.78 is 0. The second-order valence-electron chi connectivity index (χ2n) is 7.51. The van der Waals surface area contributed by atoms with E-state index in [1.54, 1.807) is 23.9 Å². The maximum Gasteiger partial charge on any atom is 0.272 e. The Labute approximate surface area is 185 Å². The number of anilines is 1. The first kappa shape index (κ1) is 20.9. The predicted molar refractivity (Wildman–Crippen MR) is 121 cm³/mol. The molecule has 2 N–H and O–H groups in total. The van der Waals surface area contributed by atoms with Gasteiger partial charge in [-0.1, -0.05) is 29.8 Å². The number of likely N-dealkylation sites (tertiary alicyclic amines) is 1. The summed E-state index contributed by atoms with van der Waals surface area (Å²) >= 11 is 7.58. The normalized spacial score (nSPS) is 18.2. The van der Waals surface area contributed by atoms with Gasteiger partial charge < -0.3 is 10.6 Å². The van der Waals surface area contributed by atoms with E-state index in [0.717, 1.165) is 16.1 Å². The molecular formula is C22H23ClN4O2S. The second-order valence-corrected chi connectivity index (χ2v) is 8.83. The van der Waals surface area contributed by atoms with E-state index in [-0.39, 0.29) is 11.8 Å². The summed E-state index contributed by atoms with van der Waals surface area (Å²) in [5.74, 6) is -0.192. The molecule has 1 saturated heterocycles. The Hall–Kier alpha value is -2.35. The van der Waals surface area contributed by atoms with Gasteiger partial charge in [0.05, 0.1) is 6.54 Å². The van der Waals surface area contributed by atoms with Gasteiger partial charge in [0.15, 0.2) is 0 Å². The fraction of sp³-hybridized carbons (Fsp3) is 0.318. The minimum Gasteiger partial charge on any atom is -0.326 e. The third kappa shape index (κ3) is 4.69. The van der Waals surface area contributed by atoms with Crippen LogP contribution in [-0.2, 0) is 9.59 Å². The van der Waals surface area contributed by atoms with Gasteiger partial charge in [-0.15, -0.1) is 11.8 Å². The number of hydrogen-bond acceptors (Lipinski definition) is 5. The molecule has 156 valence electrons. The van der Waals surface area contributed by atoms with E-state index in [4.69, 9.17) is 16.6 Å². The third-order valence-corrected chi connectivity index (χ3v) is 6.39.